The fourth-order valence-electron chi connectivity index (χ4n) is 1.89. The molecule has 0 radical (unpaired) electrons. The molecular weight excluding hydrogens is 230 g/mol. The van der Waals surface area contributed by atoms with E-state index in [2.05, 4.69) is 43.9 Å². The van der Waals surface area contributed by atoms with Crippen LogP contribution in [0.3, 0.4) is 0 Å². The molecule has 3 N–H and O–H groups in total. The summed E-state index contributed by atoms with van der Waals surface area (Å²) in [6.07, 6.45) is 1.68. The van der Waals surface area contributed by atoms with Crippen LogP contribution in [0.2, 0.25) is 0 Å². The first kappa shape index (κ1) is 16.9. The summed E-state index contributed by atoms with van der Waals surface area (Å²) >= 11 is 0. The normalized spacial score (nSPS) is 11.1. The first-order valence-corrected chi connectivity index (χ1v) is 6.60. The van der Waals surface area contributed by atoms with Crippen molar-refractivity contribution in [1.29, 1.82) is 0 Å². The van der Waals surface area contributed by atoms with Gasteiger partial charge in [0.1, 0.15) is 0 Å². The number of likely N-dealkylation sites (N-methyl/N-ethyl adjacent to an activating group) is 1. The molecule has 0 aliphatic carbocycles. The van der Waals surface area contributed by atoms with Crippen LogP contribution in [-0.4, -0.2) is 25.4 Å². The quantitative estimate of drug-likeness (QED) is 0.597. The van der Waals surface area contributed by atoms with Crippen molar-refractivity contribution in [3.63, 3.8) is 0 Å². The number of nitrogens with one attached hydrogen (secondary N) is 3. The van der Waals surface area contributed by atoms with E-state index in [1.807, 2.05) is 0 Å². The maximum atomic E-state index is 12.0. The van der Waals surface area contributed by atoms with Gasteiger partial charge in [0, 0.05) is 5.92 Å². The van der Waals surface area contributed by atoms with Crippen molar-refractivity contribution in [2.45, 2.75) is 40.5 Å². The van der Waals surface area contributed by atoms with E-state index in [4.69, 9.17) is 0 Å². The molecule has 18 heavy (non-hydrogen) atoms. The summed E-state index contributed by atoms with van der Waals surface area (Å²) in [7, 11) is 1.68. The lowest BCUT2D eigenvalue weighted by Crippen LogP contribution is -2.47. The first-order valence-electron chi connectivity index (χ1n) is 6.60. The summed E-state index contributed by atoms with van der Waals surface area (Å²) in [6.45, 7) is 8.58. The van der Waals surface area contributed by atoms with E-state index >= 15 is 0 Å². The molecule has 2 amide bonds. The van der Waals surface area contributed by atoms with Crippen molar-refractivity contribution in [2.75, 3.05) is 13.6 Å². The van der Waals surface area contributed by atoms with Crippen LogP contribution in [0.4, 0.5) is 0 Å². The highest BCUT2D eigenvalue weighted by molar-refractivity contribution is 5.84. The van der Waals surface area contributed by atoms with Gasteiger partial charge in [0.2, 0.25) is 5.91 Å². The highest BCUT2D eigenvalue weighted by atomic mass is 16.2. The van der Waals surface area contributed by atoms with Gasteiger partial charge in [0.15, 0.2) is 0 Å². The van der Waals surface area contributed by atoms with Crippen LogP contribution in [0.25, 0.3) is 0 Å². The van der Waals surface area contributed by atoms with Gasteiger partial charge in [-0.1, -0.05) is 27.7 Å². The molecule has 0 saturated carbocycles. The molecule has 0 aromatic heterocycles. The summed E-state index contributed by atoms with van der Waals surface area (Å²) < 4.78 is 0. The highest BCUT2D eigenvalue weighted by Gasteiger charge is 2.21. The Kier molecular flexibility index (Phi) is 8.37. The number of amides is 2. The van der Waals surface area contributed by atoms with Gasteiger partial charge in [-0.15, -0.1) is 0 Å². The maximum Gasteiger partial charge on any atom is 0.252 e. The van der Waals surface area contributed by atoms with Crippen LogP contribution in [0, 0.1) is 17.8 Å². The van der Waals surface area contributed by atoms with Crippen molar-refractivity contribution in [2.24, 2.45) is 17.8 Å². The summed E-state index contributed by atoms with van der Waals surface area (Å²) in [5.74, 6) is 0.556. The molecule has 0 spiro atoms. The smallest absolute Gasteiger partial charge is 0.252 e. The molecule has 0 unspecified atom stereocenters. The van der Waals surface area contributed by atoms with Gasteiger partial charge in [0.05, 0.1) is 6.54 Å². The number of hydrazine groups is 1. The Bertz CT molecular complexity index is 255. The van der Waals surface area contributed by atoms with E-state index in [0.717, 1.165) is 12.8 Å². The lowest BCUT2D eigenvalue weighted by Gasteiger charge is -2.20. The molecule has 106 valence electrons. The van der Waals surface area contributed by atoms with Gasteiger partial charge >= 0.3 is 0 Å². The zero-order chi connectivity index (χ0) is 14.1. The van der Waals surface area contributed by atoms with E-state index in [-0.39, 0.29) is 24.3 Å². The van der Waals surface area contributed by atoms with E-state index < -0.39 is 0 Å². The summed E-state index contributed by atoms with van der Waals surface area (Å²) in [5, 5.41) is 2.72. The Morgan fingerprint density at radius 2 is 1.44 bits per heavy atom. The van der Waals surface area contributed by atoms with Crippen LogP contribution in [0.15, 0.2) is 0 Å². The fourth-order valence-corrected chi connectivity index (χ4v) is 1.89. The van der Waals surface area contributed by atoms with Crippen LogP contribution in [-0.2, 0) is 9.59 Å². The molecule has 0 rings (SSSR count). The molecule has 5 nitrogen and oxygen atoms in total. The van der Waals surface area contributed by atoms with E-state index in [1.165, 1.54) is 0 Å². The minimum absolute atomic E-state index is 0.0418. The number of carbonyl (C=O) groups excluding carboxylic acids is 2. The molecule has 0 fully saturated rings. The Hall–Kier alpha value is -1.10. The van der Waals surface area contributed by atoms with Gasteiger partial charge in [-0.05, 0) is 31.7 Å². The third kappa shape index (κ3) is 8.06. The SMILES string of the molecule is CNCC(=O)NNC(=O)C(CC(C)C)CC(C)C. The minimum atomic E-state index is -0.237. The standard InChI is InChI=1S/C13H27N3O2/c1-9(2)6-11(7-10(3)4)13(18)16-15-12(17)8-14-5/h9-11,14H,6-8H2,1-5H3,(H,15,17)(H,16,18). The zero-order valence-electron chi connectivity index (χ0n) is 12.2. The minimum Gasteiger partial charge on any atom is -0.311 e. The monoisotopic (exact) mass is 257 g/mol. The summed E-state index contributed by atoms with van der Waals surface area (Å²) in [5.41, 5.74) is 4.91. The van der Waals surface area contributed by atoms with E-state index in [0.29, 0.717) is 11.8 Å². The molecule has 0 bridgehead atoms. The number of rotatable bonds is 7. The molecule has 5 heteroatoms. The summed E-state index contributed by atoms with van der Waals surface area (Å²) in [6, 6.07) is 0. The Labute approximate surface area is 110 Å². The average Bonchev–Trinajstić information content (AvgIpc) is 2.24. The Balaban J connectivity index is 4.24. The van der Waals surface area contributed by atoms with Crippen molar-refractivity contribution in [3.05, 3.63) is 0 Å². The fraction of sp³-hybridized carbons (Fsp3) is 0.846. The molecule has 0 atom stereocenters. The molecule has 0 aliphatic heterocycles. The van der Waals surface area contributed by atoms with Crippen LogP contribution in [0.1, 0.15) is 40.5 Å². The van der Waals surface area contributed by atoms with Crippen molar-refractivity contribution in [3.8, 4) is 0 Å². The van der Waals surface area contributed by atoms with Gasteiger partial charge < -0.3 is 5.32 Å². The predicted octanol–water partition coefficient (Wildman–Crippen LogP) is 1.06. The molecule has 0 heterocycles. The molecular formula is C13H27N3O2. The van der Waals surface area contributed by atoms with E-state index in [1.54, 1.807) is 7.05 Å². The zero-order valence-corrected chi connectivity index (χ0v) is 12.2. The lowest BCUT2D eigenvalue weighted by atomic mass is 9.89. The van der Waals surface area contributed by atoms with Gasteiger partial charge in [-0.3, -0.25) is 20.4 Å². The summed E-state index contributed by atoms with van der Waals surface area (Å²) in [4.78, 5) is 23.2. The molecule has 0 saturated heterocycles. The van der Waals surface area contributed by atoms with Gasteiger partial charge in [-0.25, -0.2) is 0 Å². The van der Waals surface area contributed by atoms with Gasteiger partial charge in [-0.2, -0.15) is 0 Å². The molecule has 0 aromatic rings. The molecule has 0 aromatic carbocycles. The Morgan fingerprint density at radius 1 is 0.944 bits per heavy atom. The predicted molar refractivity (Wildman–Crippen MR) is 72.6 cm³/mol. The van der Waals surface area contributed by atoms with Crippen LogP contribution < -0.4 is 16.2 Å². The van der Waals surface area contributed by atoms with Gasteiger partial charge in [0.25, 0.3) is 5.91 Å². The van der Waals surface area contributed by atoms with Crippen molar-refractivity contribution in [1.82, 2.24) is 16.2 Å². The Morgan fingerprint density at radius 3 is 1.83 bits per heavy atom. The maximum absolute atomic E-state index is 12.0. The third-order valence-electron chi connectivity index (χ3n) is 2.55. The first-order chi connectivity index (χ1) is 8.36. The second-order valence-electron chi connectivity index (χ2n) is 5.52. The van der Waals surface area contributed by atoms with Crippen molar-refractivity contribution >= 4 is 11.8 Å². The second kappa shape index (κ2) is 8.91. The number of hydrogen-bond donors (Lipinski definition) is 3. The average molecular weight is 257 g/mol. The number of hydrogen-bond acceptors (Lipinski definition) is 3. The van der Waals surface area contributed by atoms with E-state index in [9.17, 15) is 9.59 Å². The topological polar surface area (TPSA) is 70.2 Å². The number of carbonyl (C=O) groups is 2. The second-order valence-corrected chi connectivity index (χ2v) is 5.52. The van der Waals surface area contributed by atoms with Crippen molar-refractivity contribution < 1.29 is 9.59 Å². The highest BCUT2D eigenvalue weighted by Crippen LogP contribution is 2.19. The van der Waals surface area contributed by atoms with Crippen LogP contribution in [0.5, 0.6) is 0 Å². The third-order valence-corrected chi connectivity index (χ3v) is 2.55. The molecule has 0 aliphatic rings. The van der Waals surface area contributed by atoms with Crippen LogP contribution >= 0.6 is 0 Å². The largest absolute Gasteiger partial charge is 0.311 e. The lowest BCUT2D eigenvalue weighted by molar-refractivity contribution is -0.131.